The van der Waals surface area contributed by atoms with Gasteiger partial charge < -0.3 is 4.42 Å². The molecule has 1 amide bonds. The normalized spacial score (nSPS) is 17.0. The second kappa shape index (κ2) is 5.75. The second-order valence-electron chi connectivity index (χ2n) is 4.14. The average Bonchev–Trinajstić information content (AvgIpc) is 2.94. The lowest BCUT2D eigenvalue weighted by Crippen LogP contribution is -2.27. The molecule has 0 radical (unpaired) electrons. The molecule has 106 valence electrons. The van der Waals surface area contributed by atoms with Gasteiger partial charge in [0, 0.05) is 6.08 Å². The Balaban J connectivity index is 1.94. The third-order valence-electron chi connectivity index (χ3n) is 2.73. The third kappa shape index (κ3) is 2.95. The Hall–Kier alpha value is -1.44. The number of amides is 1. The monoisotopic (exact) mass is 383 g/mol. The van der Waals surface area contributed by atoms with Gasteiger partial charge in [-0.15, -0.1) is 0 Å². The SMILES string of the molecule is O=C1C(=Cc2ccc(Br)o2)SC(=S)N1c1cccc(F)c1. The molecule has 0 unspecified atom stereocenters. The number of hydrogen-bond acceptors (Lipinski definition) is 4. The van der Waals surface area contributed by atoms with Gasteiger partial charge in [-0.1, -0.05) is 30.0 Å². The minimum atomic E-state index is -0.416. The van der Waals surface area contributed by atoms with Crippen molar-refractivity contribution >= 4 is 61.9 Å². The molecule has 1 aliphatic rings. The molecule has 1 aromatic carbocycles. The van der Waals surface area contributed by atoms with Crippen LogP contribution in [-0.2, 0) is 4.79 Å². The summed E-state index contributed by atoms with van der Waals surface area (Å²) in [6.45, 7) is 0. The maximum Gasteiger partial charge on any atom is 0.270 e. The third-order valence-corrected chi connectivity index (χ3v) is 4.46. The van der Waals surface area contributed by atoms with Gasteiger partial charge in [0.25, 0.3) is 5.91 Å². The van der Waals surface area contributed by atoms with Crippen LogP contribution in [0.1, 0.15) is 5.76 Å². The van der Waals surface area contributed by atoms with E-state index in [1.165, 1.54) is 23.1 Å². The second-order valence-corrected chi connectivity index (χ2v) is 6.60. The van der Waals surface area contributed by atoms with Crippen LogP contribution in [-0.4, -0.2) is 10.2 Å². The summed E-state index contributed by atoms with van der Waals surface area (Å²) in [5, 5.41) is 0. The molecule has 0 atom stereocenters. The van der Waals surface area contributed by atoms with Crippen LogP contribution in [0.4, 0.5) is 10.1 Å². The fourth-order valence-electron chi connectivity index (χ4n) is 1.84. The Labute approximate surface area is 137 Å². The summed E-state index contributed by atoms with van der Waals surface area (Å²) >= 11 is 9.56. The maximum absolute atomic E-state index is 13.3. The standard InChI is InChI=1S/C14H7BrFNO2S2/c15-12-5-4-10(19-12)7-11-13(18)17(14(20)21-11)9-3-1-2-8(16)6-9/h1-7H. The Morgan fingerprint density at radius 1 is 1.33 bits per heavy atom. The summed E-state index contributed by atoms with van der Waals surface area (Å²) in [6, 6.07) is 9.24. The van der Waals surface area contributed by atoms with Crippen LogP contribution >= 0.6 is 39.9 Å². The van der Waals surface area contributed by atoms with E-state index in [2.05, 4.69) is 15.9 Å². The number of anilines is 1. The van der Waals surface area contributed by atoms with E-state index in [4.69, 9.17) is 16.6 Å². The highest BCUT2D eigenvalue weighted by Gasteiger charge is 2.33. The van der Waals surface area contributed by atoms with Crippen molar-refractivity contribution in [2.24, 2.45) is 0 Å². The number of carbonyl (C=O) groups is 1. The quantitative estimate of drug-likeness (QED) is 0.560. The molecule has 21 heavy (non-hydrogen) atoms. The molecule has 1 aromatic heterocycles. The van der Waals surface area contributed by atoms with E-state index in [0.29, 0.717) is 25.3 Å². The van der Waals surface area contributed by atoms with Gasteiger partial charge in [-0.25, -0.2) is 4.39 Å². The van der Waals surface area contributed by atoms with Crippen LogP contribution in [0.3, 0.4) is 0 Å². The lowest BCUT2D eigenvalue weighted by Gasteiger charge is -2.14. The molecule has 3 rings (SSSR count). The van der Waals surface area contributed by atoms with Gasteiger partial charge >= 0.3 is 0 Å². The number of carbonyl (C=O) groups excluding carboxylic acids is 1. The van der Waals surface area contributed by atoms with E-state index in [9.17, 15) is 9.18 Å². The van der Waals surface area contributed by atoms with Gasteiger partial charge in [-0.05, 0) is 46.3 Å². The average molecular weight is 384 g/mol. The highest BCUT2D eigenvalue weighted by atomic mass is 79.9. The Bertz CT molecular complexity index is 772. The van der Waals surface area contributed by atoms with Gasteiger partial charge in [0.2, 0.25) is 0 Å². The first kappa shape index (κ1) is 14.5. The predicted molar refractivity (Wildman–Crippen MR) is 88.5 cm³/mol. The summed E-state index contributed by atoms with van der Waals surface area (Å²) in [7, 11) is 0. The van der Waals surface area contributed by atoms with E-state index in [1.807, 2.05) is 0 Å². The number of furan rings is 1. The number of nitrogens with zero attached hydrogens (tertiary/aromatic N) is 1. The largest absolute Gasteiger partial charge is 0.450 e. The van der Waals surface area contributed by atoms with Crippen LogP contribution < -0.4 is 4.90 Å². The fourth-order valence-corrected chi connectivity index (χ4v) is 3.44. The Kier molecular flexibility index (Phi) is 3.97. The number of rotatable bonds is 2. The zero-order valence-corrected chi connectivity index (χ0v) is 13.6. The molecule has 0 saturated carbocycles. The van der Waals surface area contributed by atoms with E-state index < -0.39 is 5.82 Å². The van der Waals surface area contributed by atoms with Crippen molar-refractivity contribution in [2.45, 2.75) is 0 Å². The van der Waals surface area contributed by atoms with Gasteiger partial charge in [-0.2, -0.15) is 0 Å². The van der Waals surface area contributed by atoms with Crippen LogP contribution in [0.5, 0.6) is 0 Å². The molecule has 2 heterocycles. The van der Waals surface area contributed by atoms with Crippen molar-refractivity contribution in [3.8, 4) is 0 Å². The lowest BCUT2D eigenvalue weighted by molar-refractivity contribution is -0.113. The first-order chi connectivity index (χ1) is 10.0. The molecule has 7 heteroatoms. The zero-order valence-electron chi connectivity index (χ0n) is 10.4. The smallest absolute Gasteiger partial charge is 0.270 e. The van der Waals surface area contributed by atoms with Crippen molar-refractivity contribution < 1.29 is 13.6 Å². The van der Waals surface area contributed by atoms with Crippen molar-refractivity contribution in [3.63, 3.8) is 0 Å². The van der Waals surface area contributed by atoms with Crippen molar-refractivity contribution in [2.75, 3.05) is 4.90 Å². The minimum absolute atomic E-state index is 0.289. The number of halogens is 2. The zero-order chi connectivity index (χ0) is 15.0. The Morgan fingerprint density at radius 2 is 2.14 bits per heavy atom. The number of hydrogen-bond donors (Lipinski definition) is 0. The van der Waals surface area contributed by atoms with Crippen LogP contribution in [0.2, 0.25) is 0 Å². The van der Waals surface area contributed by atoms with E-state index in [-0.39, 0.29) is 5.91 Å². The highest BCUT2D eigenvalue weighted by molar-refractivity contribution is 9.10. The van der Waals surface area contributed by atoms with Gasteiger partial charge in [-0.3, -0.25) is 9.69 Å². The first-order valence-corrected chi connectivity index (χ1v) is 7.85. The Morgan fingerprint density at radius 3 is 2.81 bits per heavy atom. The number of thioether (sulfide) groups is 1. The summed E-state index contributed by atoms with van der Waals surface area (Å²) in [6.07, 6.45) is 1.61. The van der Waals surface area contributed by atoms with Crippen molar-refractivity contribution in [1.82, 2.24) is 0 Å². The van der Waals surface area contributed by atoms with Crippen molar-refractivity contribution in [3.05, 3.63) is 57.6 Å². The molecule has 3 nitrogen and oxygen atoms in total. The van der Waals surface area contributed by atoms with Crippen LogP contribution in [0.25, 0.3) is 6.08 Å². The van der Waals surface area contributed by atoms with Crippen molar-refractivity contribution in [1.29, 1.82) is 0 Å². The molecule has 0 spiro atoms. The predicted octanol–water partition coefficient (Wildman–Crippen LogP) is 4.59. The summed E-state index contributed by atoms with van der Waals surface area (Å²) in [5.74, 6) is -0.162. The molecule has 1 aliphatic heterocycles. The minimum Gasteiger partial charge on any atom is -0.450 e. The molecule has 1 fully saturated rings. The van der Waals surface area contributed by atoms with E-state index in [1.54, 1.807) is 24.3 Å². The molecule has 2 aromatic rings. The van der Waals surface area contributed by atoms with E-state index in [0.717, 1.165) is 11.8 Å². The lowest BCUT2D eigenvalue weighted by atomic mass is 10.2. The van der Waals surface area contributed by atoms with Crippen LogP contribution in [0.15, 0.2) is 50.4 Å². The first-order valence-electron chi connectivity index (χ1n) is 5.83. The molecular formula is C14H7BrFNO2S2. The van der Waals surface area contributed by atoms with Gasteiger partial charge in [0.05, 0.1) is 10.6 Å². The fraction of sp³-hybridized carbons (Fsp3) is 0. The number of thiocarbonyl (C=S) groups is 1. The topological polar surface area (TPSA) is 33.5 Å². The van der Waals surface area contributed by atoms with Crippen LogP contribution in [0, 0.1) is 5.82 Å². The molecule has 0 aliphatic carbocycles. The highest BCUT2D eigenvalue weighted by Crippen LogP contribution is 2.36. The number of benzene rings is 1. The summed E-state index contributed by atoms with van der Waals surface area (Å²) in [4.78, 5) is 14.2. The molecular weight excluding hydrogens is 377 g/mol. The van der Waals surface area contributed by atoms with E-state index >= 15 is 0 Å². The summed E-state index contributed by atoms with van der Waals surface area (Å²) < 4.78 is 19.6. The summed E-state index contributed by atoms with van der Waals surface area (Å²) in [5.41, 5.74) is 0.418. The molecule has 1 saturated heterocycles. The maximum atomic E-state index is 13.3. The van der Waals surface area contributed by atoms with Gasteiger partial charge in [0.15, 0.2) is 8.99 Å². The molecule has 0 bridgehead atoms. The van der Waals surface area contributed by atoms with Gasteiger partial charge in [0.1, 0.15) is 11.6 Å². The molecule has 0 N–H and O–H groups in total.